The predicted molar refractivity (Wildman–Crippen MR) is 92.6 cm³/mol. The summed E-state index contributed by atoms with van der Waals surface area (Å²) >= 11 is 6.02. The fraction of sp³-hybridized carbons (Fsp3) is 0.222. The molecule has 2 rings (SSSR count). The molecular weight excluding hydrogens is 330 g/mol. The number of hydrogen-bond donors (Lipinski definition) is 1. The van der Waals surface area contributed by atoms with Gasteiger partial charge in [-0.3, -0.25) is 4.79 Å². The second-order valence-corrected chi connectivity index (χ2v) is 5.35. The number of benzene rings is 2. The minimum Gasteiger partial charge on any atom is -0.479 e. The molecule has 0 radical (unpaired) electrons. The minimum absolute atomic E-state index is 0.257. The predicted octanol–water partition coefficient (Wildman–Crippen LogP) is 3.92. The van der Waals surface area contributed by atoms with E-state index in [0.717, 1.165) is 0 Å². The molecule has 0 aliphatic rings. The lowest BCUT2D eigenvalue weighted by Gasteiger charge is -2.16. The summed E-state index contributed by atoms with van der Waals surface area (Å²) in [4.78, 5) is 24.3. The van der Waals surface area contributed by atoms with Crippen molar-refractivity contribution < 1.29 is 19.1 Å². The number of carbonyl (C=O) groups excluding carboxylic acids is 2. The number of esters is 1. The summed E-state index contributed by atoms with van der Waals surface area (Å²) in [6.07, 6.45) is -0.792. The van der Waals surface area contributed by atoms with Gasteiger partial charge in [-0.2, -0.15) is 0 Å². The van der Waals surface area contributed by atoms with Crippen LogP contribution in [-0.2, 0) is 9.53 Å². The van der Waals surface area contributed by atoms with E-state index in [1.807, 2.05) is 0 Å². The smallest absolute Gasteiger partial charge is 0.340 e. The highest BCUT2D eigenvalue weighted by Gasteiger charge is 2.19. The molecule has 126 valence electrons. The molecule has 0 aromatic heterocycles. The van der Waals surface area contributed by atoms with Crippen LogP contribution in [0.25, 0.3) is 0 Å². The highest BCUT2D eigenvalue weighted by Crippen LogP contribution is 2.24. The molecule has 0 unspecified atom stereocenters. The van der Waals surface area contributed by atoms with Gasteiger partial charge in [0.1, 0.15) is 5.75 Å². The Kier molecular flexibility index (Phi) is 6.21. The second kappa shape index (κ2) is 8.36. The topological polar surface area (TPSA) is 64.6 Å². The number of ether oxygens (including phenoxy) is 2. The van der Waals surface area contributed by atoms with Crippen molar-refractivity contribution in [1.29, 1.82) is 0 Å². The Morgan fingerprint density at radius 2 is 1.79 bits per heavy atom. The van der Waals surface area contributed by atoms with Crippen molar-refractivity contribution in [2.24, 2.45) is 0 Å². The summed E-state index contributed by atoms with van der Waals surface area (Å²) in [6, 6.07) is 13.5. The third-order valence-electron chi connectivity index (χ3n) is 3.19. The van der Waals surface area contributed by atoms with E-state index in [1.54, 1.807) is 62.4 Å². The van der Waals surface area contributed by atoms with E-state index in [9.17, 15) is 9.59 Å². The maximum atomic E-state index is 12.3. The van der Waals surface area contributed by atoms with Gasteiger partial charge < -0.3 is 14.8 Å². The van der Waals surface area contributed by atoms with Gasteiger partial charge in [-0.1, -0.05) is 35.9 Å². The molecule has 2 aromatic carbocycles. The lowest BCUT2D eigenvalue weighted by atomic mass is 10.1. The first-order valence-electron chi connectivity index (χ1n) is 7.51. The van der Waals surface area contributed by atoms with Crippen molar-refractivity contribution in [1.82, 2.24) is 0 Å². The average Bonchev–Trinajstić information content (AvgIpc) is 2.57. The van der Waals surface area contributed by atoms with E-state index in [4.69, 9.17) is 21.1 Å². The van der Waals surface area contributed by atoms with E-state index in [2.05, 4.69) is 5.32 Å². The molecular formula is C18H18ClNO4. The quantitative estimate of drug-likeness (QED) is 0.804. The molecule has 1 N–H and O–H groups in total. The maximum Gasteiger partial charge on any atom is 0.340 e. The highest BCUT2D eigenvalue weighted by atomic mass is 35.5. The van der Waals surface area contributed by atoms with Gasteiger partial charge in [-0.15, -0.1) is 0 Å². The van der Waals surface area contributed by atoms with Crippen LogP contribution in [0.3, 0.4) is 0 Å². The molecule has 0 aliphatic carbocycles. The summed E-state index contributed by atoms with van der Waals surface area (Å²) in [5, 5.41) is 3.10. The van der Waals surface area contributed by atoms with Crippen LogP contribution in [0.15, 0.2) is 48.5 Å². The summed E-state index contributed by atoms with van der Waals surface area (Å²) in [6.45, 7) is 3.58. The van der Waals surface area contributed by atoms with E-state index in [-0.39, 0.29) is 12.2 Å². The first-order chi connectivity index (χ1) is 11.5. The molecule has 2 aromatic rings. The molecule has 0 bridgehead atoms. The lowest BCUT2D eigenvalue weighted by molar-refractivity contribution is -0.122. The van der Waals surface area contributed by atoms with Gasteiger partial charge in [-0.25, -0.2) is 4.79 Å². The standard InChI is InChI=1S/C18H18ClNO4/c1-3-23-18(22)13-8-4-6-10-15(13)20-17(21)12(2)24-16-11-7-5-9-14(16)19/h4-12H,3H2,1-2H3,(H,20,21)/t12-/m0/s1. The van der Waals surface area contributed by atoms with Crippen molar-refractivity contribution in [3.63, 3.8) is 0 Å². The van der Waals surface area contributed by atoms with Crippen LogP contribution in [0, 0.1) is 0 Å². The van der Waals surface area contributed by atoms with Crippen LogP contribution in [0.2, 0.25) is 5.02 Å². The van der Waals surface area contributed by atoms with E-state index < -0.39 is 18.0 Å². The first-order valence-corrected chi connectivity index (χ1v) is 7.89. The lowest BCUT2D eigenvalue weighted by Crippen LogP contribution is -2.30. The van der Waals surface area contributed by atoms with Crippen molar-refractivity contribution >= 4 is 29.2 Å². The van der Waals surface area contributed by atoms with Gasteiger partial charge in [0, 0.05) is 0 Å². The number of amides is 1. The Bertz CT molecular complexity index is 732. The van der Waals surface area contributed by atoms with Gasteiger partial charge in [0.15, 0.2) is 6.10 Å². The second-order valence-electron chi connectivity index (χ2n) is 4.95. The van der Waals surface area contributed by atoms with Crippen molar-refractivity contribution in [3.8, 4) is 5.75 Å². The SMILES string of the molecule is CCOC(=O)c1ccccc1NC(=O)[C@H](C)Oc1ccccc1Cl. The molecule has 5 nitrogen and oxygen atoms in total. The van der Waals surface area contributed by atoms with Gasteiger partial charge in [-0.05, 0) is 38.1 Å². The van der Waals surface area contributed by atoms with Gasteiger partial charge in [0.05, 0.1) is 22.9 Å². The molecule has 0 heterocycles. The number of anilines is 1. The molecule has 1 atom stereocenters. The van der Waals surface area contributed by atoms with E-state index in [0.29, 0.717) is 16.5 Å². The molecule has 0 fully saturated rings. The molecule has 6 heteroatoms. The number of carbonyl (C=O) groups is 2. The Morgan fingerprint density at radius 3 is 2.50 bits per heavy atom. The van der Waals surface area contributed by atoms with Crippen molar-refractivity contribution in [3.05, 3.63) is 59.1 Å². The molecule has 24 heavy (non-hydrogen) atoms. The summed E-state index contributed by atoms with van der Waals surface area (Å²) in [5.41, 5.74) is 0.660. The summed E-state index contributed by atoms with van der Waals surface area (Å²) < 4.78 is 10.5. The normalized spacial score (nSPS) is 11.5. The molecule has 1 amide bonds. The first kappa shape index (κ1) is 17.8. The molecule has 0 saturated carbocycles. The van der Waals surface area contributed by atoms with Gasteiger partial charge >= 0.3 is 5.97 Å². The van der Waals surface area contributed by atoms with Crippen molar-refractivity contribution in [2.45, 2.75) is 20.0 Å². The highest BCUT2D eigenvalue weighted by molar-refractivity contribution is 6.32. The molecule has 0 spiro atoms. The average molecular weight is 348 g/mol. The monoisotopic (exact) mass is 347 g/mol. The third-order valence-corrected chi connectivity index (χ3v) is 3.50. The Labute approximate surface area is 145 Å². The van der Waals surface area contributed by atoms with Crippen LogP contribution in [0.4, 0.5) is 5.69 Å². The number of hydrogen-bond acceptors (Lipinski definition) is 4. The van der Waals surface area contributed by atoms with E-state index in [1.165, 1.54) is 0 Å². The summed E-state index contributed by atoms with van der Waals surface area (Å²) in [5.74, 6) is -0.472. The zero-order valence-electron chi connectivity index (χ0n) is 13.4. The number of nitrogens with one attached hydrogen (secondary N) is 1. The number of halogens is 1. The number of rotatable bonds is 6. The van der Waals surface area contributed by atoms with E-state index >= 15 is 0 Å². The third kappa shape index (κ3) is 4.49. The van der Waals surface area contributed by atoms with Crippen LogP contribution in [0.5, 0.6) is 5.75 Å². The zero-order chi connectivity index (χ0) is 17.5. The minimum atomic E-state index is -0.792. The van der Waals surface area contributed by atoms with Crippen LogP contribution >= 0.6 is 11.6 Å². The van der Waals surface area contributed by atoms with Crippen molar-refractivity contribution in [2.75, 3.05) is 11.9 Å². The largest absolute Gasteiger partial charge is 0.479 e. The fourth-order valence-corrected chi connectivity index (χ4v) is 2.18. The zero-order valence-corrected chi connectivity index (χ0v) is 14.2. The van der Waals surface area contributed by atoms with Crippen LogP contribution in [0.1, 0.15) is 24.2 Å². The fourth-order valence-electron chi connectivity index (χ4n) is 2.00. The van der Waals surface area contributed by atoms with Crippen LogP contribution in [-0.4, -0.2) is 24.6 Å². The van der Waals surface area contributed by atoms with Gasteiger partial charge in [0.2, 0.25) is 0 Å². The number of para-hydroxylation sites is 2. The maximum absolute atomic E-state index is 12.3. The van der Waals surface area contributed by atoms with Gasteiger partial charge in [0.25, 0.3) is 5.91 Å². The Morgan fingerprint density at radius 1 is 1.12 bits per heavy atom. The Hall–Kier alpha value is -2.53. The molecule has 0 aliphatic heterocycles. The summed E-state index contributed by atoms with van der Waals surface area (Å²) in [7, 11) is 0. The van der Waals surface area contributed by atoms with Crippen LogP contribution < -0.4 is 10.1 Å². The molecule has 0 saturated heterocycles. The Balaban J connectivity index is 2.09.